The molecule has 0 aliphatic carbocycles. The van der Waals surface area contributed by atoms with Crippen LogP contribution in [0, 0.1) is 23.0 Å². The fourth-order valence-corrected chi connectivity index (χ4v) is 2.60. The highest BCUT2D eigenvalue weighted by Gasteiger charge is 2.38. The largest absolute Gasteiger partial charge is 0.463 e. The van der Waals surface area contributed by atoms with Gasteiger partial charge in [-0.1, -0.05) is 17.7 Å². The van der Waals surface area contributed by atoms with Crippen LogP contribution < -0.4 is 5.73 Å². The lowest BCUT2D eigenvalue weighted by Crippen LogP contribution is -2.26. The van der Waals surface area contributed by atoms with Gasteiger partial charge in [-0.25, -0.2) is 13.6 Å². The van der Waals surface area contributed by atoms with Gasteiger partial charge in [-0.05, 0) is 19.9 Å². The molecule has 0 aromatic heterocycles. The van der Waals surface area contributed by atoms with Gasteiger partial charge in [0.25, 0.3) is 0 Å². The van der Waals surface area contributed by atoms with Crippen LogP contribution in [0.15, 0.2) is 34.9 Å². The summed E-state index contributed by atoms with van der Waals surface area (Å²) in [4.78, 5) is 12.3. The van der Waals surface area contributed by atoms with Crippen molar-refractivity contribution in [3.63, 3.8) is 0 Å². The summed E-state index contributed by atoms with van der Waals surface area (Å²) in [6, 6.07) is 3.84. The van der Waals surface area contributed by atoms with Crippen LogP contribution in [0.4, 0.5) is 8.78 Å². The van der Waals surface area contributed by atoms with Crippen molar-refractivity contribution in [2.45, 2.75) is 19.8 Å². The normalized spacial score (nSPS) is 17.4. The molecule has 2 N–H and O–H groups in total. The molecule has 0 saturated carbocycles. The standard InChI is InChI=1S/C16H13ClF2N2O3/c1-3-23-16(22)11-7(2)24-15(21)9(6-20)12(11)8-4-5-10(18)13(17)14(8)19/h4-5,12H,3,21H2,1-2H3. The van der Waals surface area contributed by atoms with Crippen molar-refractivity contribution in [3.05, 3.63) is 57.1 Å². The summed E-state index contributed by atoms with van der Waals surface area (Å²) >= 11 is 5.61. The lowest BCUT2D eigenvalue weighted by Gasteiger charge is -2.27. The number of nitrogens with two attached hydrogens (primary N) is 1. The van der Waals surface area contributed by atoms with Gasteiger partial charge >= 0.3 is 5.97 Å². The van der Waals surface area contributed by atoms with Crippen molar-refractivity contribution >= 4 is 17.6 Å². The van der Waals surface area contributed by atoms with E-state index in [9.17, 15) is 18.8 Å². The number of carbonyl (C=O) groups is 1. The monoisotopic (exact) mass is 354 g/mol. The van der Waals surface area contributed by atoms with Crippen LogP contribution in [0.25, 0.3) is 0 Å². The van der Waals surface area contributed by atoms with Crippen molar-refractivity contribution in [1.29, 1.82) is 5.26 Å². The fraction of sp³-hybridized carbons (Fsp3) is 0.250. The number of benzene rings is 1. The van der Waals surface area contributed by atoms with Crippen molar-refractivity contribution in [3.8, 4) is 6.07 Å². The molecule has 1 aromatic carbocycles. The van der Waals surface area contributed by atoms with E-state index in [4.69, 9.17) is 26.8 Å². The van der Waals surface area contributed by atoms with E-state index in [-0.39, 0.29) is 35.0 Å². The Labute approximate surface area is 141 Å². The van der Waals surface area contributed by atoms with Crippen LogP contribution in [0.5, 0.6) is 0 Å². The molecule has 24 heavy (non-hydrogen) atoms. The van der Waals surface area contributed by atoms with Gasteiger partial charge in [0.1, 0.15) is 34.1 Å². The van der Waals surface area contributed by atoms with Gasteiger partial charge < -0.3 is 15.2 Å². The second kappa shape index (κ2) is 6.89. The Morgan fingerprint density at radius 2 is 2.17 bits per heavy atom. The maximum absolute atomic E-state index is 14.5. The average Bonchev–Trinajstić information content (AvgIpc) is 2.52. The van der Waals surface area contributed by atoms with Gasteiger partial charge in [0, 0.05) is 5.56 Å². The molecule has 0 fully saturated rings. The molecule has 0 radical (unpaired) electrons. The Balaban J connectivity index is 2.72. The van der Waals surface area contributed by atoms with Gasteiger partial charge in [0.05, 0.1) is 18.1 Å². The summed E-state index contributed by atoms with van der Waals surface area (Å²) in [5.41, 5.74) is 5.22. The van der Waals surface area contributed by atoms with Crippen LogP contribution in [0.2, 0.25) is 5.02 Å². The van der Waals surface area contributed by atoms with E-state index in [0.29, 0.717) is 0 Å². The molecule has 1 aliphatic heterocycles. The average molecular weight is 355 g/mol. The number of rotatable bonds is 3. The first-order chi connectivity index (χ1) is 11.3. The highest BCUT2D eigenvalue weighted by molar-refractivity contribution is 6.31. The quantitative estimate of drug-likeness (QED) is 0.665. The Hall–Kier alpha value is -2.59. The number of nitrogens with zero attached hydrogens (tertiary/aromatic N) is 1. The number of nitriles is 1. The van der Waals surface area contributed by atoms with Crippen molar-refractivity contribution < 1.29 is 23.0 Å². The zero-order chi connectivity index (χ0) is 18.0. The Bertz CT molecular complexity index is 812. The maximum Gasteiger partial charge on any atom is 0.338 e. The number of hydrogen-bond donors (Lipinski definition) is 1. The van der Waals surface area contributed by atoms with Crippen molar-refractivity contribution in [1.82, 2.24) is 0 Å². The molecule has 5 nitrogen and oxygen atoms in total. The third kappa shape index (κ3) is 2.93. The van der Waals surface area contributed by atoms with E-state index in [2.05, 4.69) is 0 Å². The summed E-state index contributed by atoms with van der Waals surface area (Å²) in [6.07, 6.45) is 0. The minimum absolute atomic E-state index is 0.0646. The molecule has 0 spiro atoms. The molecule has 1 aromatic rings. The summed E-state index contributed by atoms with van der Waals surface area (Å²) in [5, 5.41) is 8.61. The van der Waals surface area contributed by atoms with Gasteiger partial charge in [-0.15, -0.1) is 0 Å². The summed E-state index contributed by atoms with van der Waals surface area (Å²) in [6.45, 7) is 3.09. The molecule has 0 saturated heterocycles. The van der Waals surface area contributed by atoms with E-state index in [1.807, 2.05) is 0 Å². The highest BCUT2D eigenvalue weighted by Crippen LogP contribution is 2.41. The van der Waals surface area contributed by atoms with E-state index in [0.717, 1.165) is 12.1 Å². The van der Waals surface area contributed by atoms with Crippen LogP contribution in [0.3, 0.4) is 0 Å². The SMILES string of the molecule is CCOC(=O)C1=C(C)OC(N)=C(C#N)C1c1ccc(F)c(Cl)c1F. The number of halogens is 3. The molecule has 0 bridgehead atoms. The molecule has 1 atom stereocenters. The van der Waals surface area contributed by atoms with Crippen LogP contribution in [-0.2, 0) is 14.3 Å². The molecular weight excluding hydrogens is 342 g/mol. The number of esters is 1. The van der Waals surface area contributed by atoms with Gasteiger partial charge in [-0.3, -0.25) is 0 Å². The molecular formula is C16H13ClF2N2O3. The number of allylic oxidation sites excluding steroid dienone is 2. The predicted molar refractivity (Wildman–Crippen MR) is 81.4 cm³/mol. The van der Waals surface area contributed by atoms with E-state index in [1.165, 1.54) is 6.92 Å². The summed E-state index contributed by atoms with van der Waals surface area (Å²) < 4.78 is 38.1. The van der Waals surface area contributed by atoms with Gasteiger partial charge in [0.15, 0.2) is 0 Å². The zero-order valence-corrected chi connectivity index (χ0v) is 13.6. The third-order valence-electron chi connectivity index (χ3n) is 3.48. The number of ether oxygens (including phenoxy) is 2. The maximum atomic E-state index is 14.5. The second-order valence-electron chi connectivity index (χ2n) is 4.88. The summed E-state index contributed by atoms with van der Waals surface area (Å²) in [5.74, 6) is -4.25. The molecule has 2 rings (SSSR count). The minimum atomic E-state index is -1.21. The molecule has 1 heterocycles. The van der Waals surface area contributed by atoms with Crippen LogP contribution in [-0.4, -0.2) is 12.6 Å². The first-order valence-corrected chi connectivity index (χ1v) is 7.30. The second-order valence-corrected chi connectivity index (χ2v) is 5.26. The van der Waals surface area contributed by atoms with Gasteiger partial charge in [0.2, 0.25) is 5.88 Å². The third-order valence-corrected chi connectivity index (χ3v) is 3.82. The van der Waals surface area contributed by atoms with Crippen LogP contribution in [0.1, 0.15) is 25.3 Å². The van der Waals surface area contributed by atoms with Crippen molar-refractivity contribution in [2.24, 2.45) is 5.73 Å². The molecule has 0 amide bonds. The van der Waals surface area contributed by atoms with Crippen LogP contribution >= 0.6 is 11.6 Å². The Morgan fingerprint density at radius 3 is 2.75 bits per heavy atom. The van der Waals surface area contributed by atoms with E-state index >= 15 is 0 Å². The molecule has 1 aliphatic rings. The number of carbonyl (C=O) groups excluding carboxylic acids is 1. The number of hydrogen-bond acceptors (Lipinski definition) is 5. The lowest BCUT2D eigenvalue weighted by atomic mass is 9.83. The first kappa shape index (κ1) is 17.8. The lowest BCUT2D eigenvalue weighted by molar-refractivity contribution is -0.139. The minimum Gasteiger partial charge on any atom is -0.463 e. The fourth-order valence-electron chi connectivity index (χ4n) is 2.43. The Kier molecular flexibility index (Phi) is 5.10. The first-order valence-electron chi connectivity index (χ1n) is 6.92. The van der Waals surface area contributed by atoms with E-state index in [1.54, 1.807) is 13.0 Å². The topological polar surface area (TPSA) is 85.3 Å². The van der Waals surface area contributed by atoms with E-state index < -0.39 is 28.5 Å². The van der Waals surface area contributed by atoms with Gasteiger partial charge in [-0.2, -0.15) is 5.26 Å². The predicted octanol–water partition coefficient (Wildman–Crippen LogP) is 3.26. The molecule has 8 heteroatoms. The van der Waals surface area contributed by atoms with Crippen molar-refractivity contribution in [2.75, 3.05) is 6.61 Å². The smallest absolute Gasteiger partial charge is 0.338 e. The molecule has 1 unspecified atom stereocenters. The Morgan fingerprint density at radius 1 is 1.50 bits per heavy atom. The zero-order valence-electron chi connectivity index (χ0n) is 12.8. The summed E-state index contributed by atoms with van der Waals surface area (Å²) in [7, 11) is 0. The molecule has 126 valence electrons. The highest BCUT2D eigenvalue weighted by atomic mass is 35.5.